The van der Waals surface area contributed by atoms with E-state index in [-0.39, 0.29) is 5.29 Å². The van der Waals surface area contributed by atoms with Crippen molar-refractivity contribution in [2.45, 2.75) is 83.1 Å². The quantitative estimate of drug-likeness (QED) is 0.439. The Labute approximate surface area is 149 Å². The van der Waals surface area contributed by atoms with Crippen LogP contribution in [0, 0.1) is 0 Å². The Morgan fingerprint density at radius 3 is 1.70 bits per heavy atom. The molecule has 0 bridgehead atoms. The van der Waals surface area contributed by atoms with Crippen LogP contribution in [0.4, 0.5) is 0 Å². The smallest absolute Gasteiger partial charge is 0.211 e. The van der Waals surface area contributed by atoms with Crippen molar-refractivity contribution in [3.05, 3.63) is 0 Å². The lowest BCUT2D eigenvalue weighted by Crippen LogP contribution is -2.80. The van der Waals surface area contributed by atoms with Crippen LogP contribution in [0.5, 0.6) is 0 Å². The van der Waals surface area contributed by atoms with Gasteiger partial charge >= 0.3 is 0 Å². The largest absolute Gasteiger partial charge is 0.417 e. The third kappa shape index (κ3) is 8.57. The summed E-state index contributed by atoms with van der Waals surface area (Å²) in [6, 6.07) is 1.29. The molecule has 138 valence electrons. The molecule has 0 amide bonds. The predicted molar refractivity (Wildman–Crippen MR) is 114 cm³/mol. The molecule has 1 unspecified atom stereocenters. The number of hydrogen-bond donors (Lipinski definition) is 3. The molecule has 1 aliphatic heterocycles. The minimum Gasteiger partial charge on any atom is -0.417 e. The lowest BCUT2D eigenvalue weighted by molar-refractivity contribution is 0.253. The monoisotopic (exact) mass is 391 g/mol. The minimum absolute atomic E-state index is 0.00957. The highest BCUT2D eigenvalue weighted by molar-refractivity contribution is 6.78. The molecular weight excluding hydrogens is 351 g/mol. The van der Waals surface area contributed by atoms with Crippen molar-refractivity contribution < 1.29 is 4.43 Å². The van der Waals surface area contributed by atoms with Gasteiger partial charge in [-0.15, -0.1) is 0 Å². The molecule has 1 fully saturated rings. The first-order chi connectivity index (χ1) is 10.2. The van der Waals surface area contributed by atoms with Crippen LogP contribution in [-0.2, 0) is 4.43 Å². The van der Waals surface area contributed by atoms with E-state index in [1.54, 1.807) is 0 Å². The van der Waals surface area contributed by atoms with E-state index in [0.717, 1.165) is 13.2 Å². The zero-order valence-corrected chi connectivity index (χ0v) is 21.2. The molecule has 3 N–H and O–H groups in total. The van der Waals surface area contributed by atoms with Crippen molar-refractivity contribution in [2.24, 2.45) is 0 Å². The Morgan fingerprint density at radius 1 is 0.826 bits per heavy atom. The minimum atomic E-state index is -1.43. The Balaban J connectivity index is 3.13. The Bertz CT molecular complexity index is 352. The van der Waals surface area contributed by atoms with Gasteiger partial charge in [0.05, 0.1) is 5.29 Å². The van der Waals surface area contributed by atoms with Crippen molar-refractivity contribution in [3.63, 3.8) is 0 Å². The summed E-state index contributed by atoms with van der Waals surface area (Å²) in [5, 5.41) is 0.00957. The summed E-state index contributed by atoms with van der Waals surface area (Å²) in [5.41, 5.74) is 0. The van der Waals surface area contributed by atoms with Gasteiger partial charge in [0.15, 0.2) is 0 Å². The predicted octanol–water partition coefficient (Wildman–Crippen LogP) is 3.03. The van der Waals surface area contributed by atoms with Crippen LogP contribution in [0.2, 0.25) is 65.0 Å². The van der Waals surface area contributed by atoms with Crippen LogP contribution in [0.1, 0.15) is 12.8 Å². The summed E-state index contributed by atoms with van der Waals surface area (Å²) in [4.78, 5) is 12.2. The van der Waals surface area contributed by atoms with Gasteiger partial charge in [0, 0.05) is 13.2 Å². The molecule has 0 aromatic heterocycles. The van der Waals surface area contributed by atoms with Crippen LogP contribution in [0.25, 0.3) is 0 Å². The highest BCUT2D eigenvalue weighted by Gasteiger charge is 2.46. The summed E-state index contributed by atoms with van der Waals surface area (Å²) in [6.07, 6.45) is 2.58. The van der Waals surface area contributed by atoms with Gasteiger partial charge in [-0.2, -0.15) is 0 Å². The molecule has 1 heterocycles. The SMILES string of the molecule is C[Si](C)(C)NCC(N[Si](C)(C)C)(N[Si](C)(C)C)[SiH]1CCCCO1. The normalized spacial score (nSPS) is 21.5. The molecular formula is C15H41N3OSi4. The molecule has 0 aliphatic carbocycles. The van der Waals surface area contributed by atoms with E-state index in [0.29, 0.717) is 0 Å². The lowest BCUT2D eigenvalue weighted by atomic mass is 10.4. The number of nitrogens with one attached hydrogen (secondary N) is 3. The average molecular weight is 392 g/mol. The van der Waals surface area contributed by atoms with Gasteiger partial charge in [0.25, 0.3) is 0 Å². The maximum absolute atomic E-state index is 6.43. The molecule has 0 saturated carbocycles. The first-order valence-electron chi connectivity index (χ1n) is 9.18. The van der Waals surface area contributed by atoms with Gasteiger partial charge in [-0.05, 0) is 12.5 Å². The maximum Gasteiger partial charge on any atom is 0.211 e. The molecule has 0 radical (unpaired) electrons. The van der Waals surface area contributed by atoms with E-state index in [1.807, 2.05) is 0 Å². The summed E-state index contributed by atoms with van der Waals surface area (Å²) in [5.74, 6) is 0. The standard InChI is InChI=1S/C15H41N3OSi4/c1-21(2,3)16-14-15(17-22(4,5)6,18-23(7,8)9)20-13-11-10-12-19-20/h16-18,20H,10-14H2,1-9H3. The number of rotatable bonds is 8. The fourth-order valence-corrected chi connectivity index (χ4v) is 13.7. The van der Waals surface area contributed by atoms with Gasteiger partial charge in [0.2, 0.25) is 9.04 Å². The fraction of sp³-hybridized carbons (Fsp3) is 1.00. The Morgan fingerprint density at radius 2 is 1.35 bits per heavy atom. The van der Waals surface area contributed by atoms with Crippen LogP contribution in [0.15, 0.2) is 0 Å². The second-order valence-corrected chi connectivity index (χ2v) is 27.4. The average Bonchev–Trinajstić information content (AvgIpc) is 2.32. The summed E-state index contributed by atoms with van der Waals surface area (Å²) in [6.45, 7) is 23.7. The second kappa shape index (κ2) is 7.94. The van der Waals surface area contributed by atoms with E-state index >= 15 is 0 Å². The molecule has 0 aromatic rings. The molecule has 8 heteroatoms. The second-order valence-electron chi connectivity index (χ2n) is 10.2. The van der Waals surface area contributed by atoms with Gasteiger partial charge in [-0.25, -0.2) is 0 Å². The van der Waals surface area contributed by atoms with Crippen LogP contribution in [0.3, 0.4) is 0 Å². The van der Waals surface area contributed by atoms with Gasteiger partial charge in [0.1, 0.15) is 24.7 Å². The highest BCUT2D eigenvalue weighted by Crippen LogP contribution is 2.23. The van der Waals surface area contributed by atoms with E-state index in [4.69, 9.17) is 4.43 Å². The first kappa shape index (κ1) is 21.7. The Hall–Kier alpha value is 0.708. The molecule has 1 rings (SSSR count). The van der Waals surface area contributed by atoms with Crippen LogP contribution < -0.4 is 14.9 Å². The van der Waals surface area contributed by atoms with Crippen molar-refractivity contribution in [2.75, 3.05) is 13.2 Å². The van der Waals surface area contributed by atoms with E-state index in [1.165, 1.54) is 18.9 Å². The highest BCUT2D eigenvalue weighted by atomic mass is 28.3. The van der Waals surface area contributed by atoms with Gasteiger partial charge in [-0.3, -0.25) is 0 Å². The third-order valence-corrected chi connectivity index (χ3v) is 11.2. The van der Waals surface area contributed by atoms with Gasteiger partial charge in [-0.1, -0.05) is 65.3 Å². The van der Waals surface area contributed by atoms with Crippen molar-refractivity contribution in [3.8, 4) is 0 Å². The first-order valence-corrected chi connectivity index (χ1v) is 21.5. The zero-order chi connectivity index (χ0) is 17.9. The maximum atomic E-state index is 6.43. The van der Waals surface area contributed by atoms with E-state index in [2.05, 4.69) is 73.9 Å². The summed E-state index contributed by atoms with van der Waals surface area (Å²) < 4.78 is 6.43. The summed E-state index contributed by atoms with van der Waals surface area (Å²) >= 11 is 0. The lowest BCUT2D eigenvalue weighted by Gasteiger charge is -2.50. The van der Waals surface area contributed by atoms with Crippen LogP contribution in [-0.4, -0.2) is 52.2 Å². The molecule has 4 nitrogen and oxygen atoms in total. The topological polar surface area (TPSA) is 45.3 Å². The molecule has 0 spiro atoms. The molecule has 1 aliphatic rings. The zero-order valence-electron chi connectivity index (χ0n) is 17.0. The molecule has 0 aromatic carbocycles. The van der Waals surface area contributed by atoms with E-state index in [9.17, 15) is 0 Å². The van der Waals surface area contributed by atoms with Crippen molar-refractivity contribution >= 4 is 33.7 Å². The fourth-order valence-electron chi connectivity index (χ4n) is 3.27. The third-order valence-electron chi connectivity index (χ3n) is 3.82. The summed E-state index contributed by atoms with van der Waals surface area (Å²) in [7, 11) is -5.54. The molecule has 23 heavy (non-hydrogen) atoms. The van der Waals surface area contributed by atoms with E-state index < -0.39 is 33.7 Å². The van der Waals surface area contributed by atoms with Crippen molar-refractivity contribution in [1.82, 2.24) is 14.9 Å². The van der Waals surface area contributed by atoms with Crippen LogP contribution >= 0.6 is 0 Å². The molecule has 1 saturated heterocycles. The van der Waals surface area contributed by atoms with Gasteiger partial charge < -0.3 is 19.4 Å². The Kier molecular flexibility index (Phi) is 7.51. The molecule has 1 atom stereocenters. The van der Waals surface area contributed by atoms with Crippen molar-refractivity contribution in [1.29, 1.82) is 0 Å². The number of hydrogen-bond acceptors (Lipinski definition) is 4.